The molecule has 0 bridgehead atoms. The molecular weight excluding hydrogens is 549 g/mol. The Morgan fingerprint density at radius 1 is 1.02 bits per heavy atom. The third kappa shape index (κ3) is 4.69. The molecule has 0 aliphatic carbocycles. The molecule has 0 radical (unpaired) electrons. The molecule has 0 aromatic heterocycles. The molecule has 3 aliphatic heterocycles. The number of hydrogen-bond donors (Lipinski definition) is 1. The fourth-order valence-electron chi connectivity index (χ4n) is 7.12. The largest absolute Gasteiger partial charge is 0.396 e. The van der Waals surface area contributed by atoms with Crippen molar-refractivity contribution in [1.29, 1.82) is 0 Å². The number of rotatable bonds is 7. The van der Waals surface area contributed by atoms with Gasteiger partial charge < -0.3 is 18.9 Å². The van der Waals surface area contributed by atoms with E-state index >= 15 is 4.11 Å². The SMILES string of the molecule is C[C@H]1[C@H]([Si](C)(C)F)[C@@H](CCO)O[C@]12C(=O)N(Cc1cccc(N3N=C(c4ccccc4)CCC3=O)c1)c1ccccc12. The van der Waals surface area contributed by atoms with Gasteiger partial charge in [-0.15, -0.1) is 0 Å². The summed E-state index contributed by atoms with van der Waals surface area (Å²) < 4.78 is 22.3. The lowest BCUT2D eigenvalue weighted by atomic mass is 9.82. The van der Waals surface area contributed by atoms with E-state index in [0.717, 1.165) is 28.1 Å². The Morgan fingerprint density at radius 2 is 1.76 bits per heavy atom. The molecule has 42 heavy (non-hydrogen) atoms. The maximum absolute atomic E-state index is 15.7. The van der Waals surface area contributed by atoms with Crippen LogP contribution in [0.3, 0.4) is 0 Å². The molecule has 1 spiro atoms. The molecule has 1 saturated heterocycles. The van der Waals surface area contributed by atoms with Gasteiger partial charge in [-0.2, -0.15) is 5.10 Å². The molecule has 218 valence electrons. The number of nitrogens with zero attached hydrogens (tertiary/aromatic N) is 3. The fraction of sp³-hybridized carbons (Fsp3) is 0.364. The molecule has 6 rings (SSSR count). The Hall–Kier alpha value is -3.66. The average molecular weight is 586 g/mol. The number of hydrazone groups is 1. The first-order valence-corrected chi connectivity index (χ1v) is 17.5. The minimum absolute atomic E-state index is 0.0828. The van der Waals surface area contributed by atoms with Crippen LogP contribution in [0.5, 0.6) is 0 Å². The maximum atomic E-state index is 15.7. The molecule has 3 aromatic rings. The summed E-state index contributed by atoms with van der Waals surface area (Å²) in [4.78, 5) is 29.1. The lowest BCUT2D eigenvalue weighted by Crippen LogP contribution is -2.45. The third-order valence-corrected chi connectivity index (χ3v) is 11.4. The molecule has 9 heteroatoms. The second-order valence-corrected chi connectivity index (χ2v) is 15.8. The first kappa shape index (κ1) is 28.5. The lowest BCUT2D eigenvalue weighted by molar-refractivity contribution is -0.146. The van der Waals surface area contributed by atoms with Gasteiger partial charge in [0.1, 0.15) is 0 Å². The molecular formula is C33H36FN3O4Si. The van der Waals surface area contributed by atoms with Crippen LogP contribution in [0.1, 0.15) is 42.9 Å². The Labute approximate surface area is 246 Å². The van der Waals surface area contributed by atoms with Crippen LogP contribution < -0.4 is 9.91 Å². The summed E-state index contributed by atoms with van der Waals surface area (Å²) in [6.07, 6.45) is 0.677. The van der Waals surface area contributed by atoms with Crippen molar-refractivity contribution in [3.05, 3.63) is 95.6 Å². The van der Waals surface area contributed by atoms with E-state index in [2.05, 4.69) is 0 Å². The van der Waals surface area contributed by atoms with Crippen molar-refractivity contribution in [3.63, 3.8) is 0 Å². The normalized spacial score (nSPS) is 25.7. The van der Waals surface area contributed by atoms with Crippen molar-refractivity contribution in [2.45, 2.75) is 63.1 Å². The first-order chi connectivity index (χ1) is 20.1. The summed E-state index contributed by atoms with van der Waals surface area (Å²) in [7, 11) is -3.25. The number of fused-ring (bicyclic) bond motifs is 2. The minimum atomic E-state index is -3.25. The van der Waals surface area contributed by atoms with E-state index < -0.39 is 31.6 Å². The van der Waals surface area contributed by atoms with Crippen molar-refractivity contribution >= 4 is 37.3 Å². The quantitative estimate of drug-likeness (QED) is 0.276. The van der Waals surface area contributed by atoms with E-state index in [4.69, 9.17) is 9.84 Å². The zero-order valence-electron chi connectivity index (χ0n) is 24.2. The van der Waals surface area contributed by atoms with Crippen LogP contribution in [0, 0.1) is 5.92 Å². The van der Waals surface area contributed by atoms with E-state index in [9.17, 15) is 14.7 Å². The summed E-state index contributed by atoms with van der Waals surface area (Å²) >= 11 is 0. The second kappa shape index (κ2) is 10.9. The number of carbonyl (C=O) groups excluding carboxylic acids is 2. The van der Waals surface area contributed by atoms with Crippen molar-refractivity contribution < 1.29 is 23.5 Å². The summed E-state index contributed by atoms with van der Waals surface area (Å²) in [5.74, 6) is -0.702. The summed E-state index contributed by atoms with van der Waals surface area (Å²) in [5, 5.41) is 15.9. The highest BCUT2D eigenvalue weighted by atomic mass is 28.4. The fourth-order valence-corrected chi connectivity index (χ4v) is 9.66. The standard InChI is InChI=1S/C33H36FN3O4Si/c1-22-31(42(2,3)34)29(18-19-38)41-33(22)26-14-7-8-15-28(26)36(32(33)40)21-23-10-9-13-25(20-23)37-30(39)17-16-27(35-37)24-11-5-4-6-12-24/h4-15,20,22,29,31,38H,16-19,21H2,1-3H3/t22-,29+,31-,33+/m0/s1. The predicted molar refractivity (Wildman–Crippen MR) is 164 cm³/mol. The Kier molecular flexibility index (Phi) is 7.37. The number of carbonyl (C=O) groups is 2. The van der Waals surface area contributed by atoms with Gasteiger partial charge in [-0.3, -0.25) is 9.59 Å². The molecule has 1 N–H and O–H groups in total. The Balaban J connectivity index is 1.33. The molecule has 0 unspecified atom stereocenters. The molecule has 3 aliphatic rings. The van der Waals surface area contributed by atoms with Gasteiger partial charge in [-0.05, 0) is 48.8 Å². The monoisotopic (exact) mass is 585 g/mol. The molecule has 1 fully saturated rings. The zero-order valence-corrected chi connectivity index (χ0v) is 25.2. The topological polar surface area (TPSA) is 82.4 Å². The van der Waals surface area contributed by atoms with Crippen LogP contribution in [0.2, 0.25) is 18.6 Å². The van der Waals surface area contributed by atoms with Crippen LogP contribution in [0.4, 0.5) is 15.5 Å². The number of ether oxygens (including phenoxy) is 1. The summed E-state index contributed by atoms with van der Waals surface area (Å²) in [6, 6.07) is 24.9. The van der Waals surface area contributed by atoms with Crippen molar-refractivity contribution in [2.75, 3.05) is 16.5 Å². The smallest absolute Gasteiger partial charge is 0.264 e. The minimum Gasteiger partial charge on any atom is -0.396 e. The second-order valence-electron chi connectivity index (χ2n) is 12.0. The van der Waals surface area contributed by atoms with Gasteiger partial charge in [-0.1, -0.05) is 67.6 Å². The average Bonchev–Trinajstić information content (AvgIpc) is 3.41. The highest BCUT2D eigenvalue weighted by Crippen LogP contribution is 2.60. The summed E-state index contributed by atoms with van der Waals surface area (Å²) in [6.45, 7) is 5.35. The molecule has 0 saturated carbocycles. The number of para-hydroxylation sites is 1. The zero-order chi connectivity index (χ0) is 29.6. The van der Waals surface area contributed by atoms with E-state index in [1.165, 1.54) is 5.01 Å². The maximum Gasteiger partial charge on any atom is 0.264 e. The predicted octanol–water partition coefficient (Wildman–Crippen LogP) is 5.92. The van der Waals surface area contributed by atoms with Gasteiger partial charge in [0.15, 0.2) is 5.60 Å². The van der Waals surface area contributed by atoms with E-state index in [1.54, 1.807) is 18.0 Å². The highest BCUT2D eigenvalue weighted by Gasteiger charge is 2.66. The Bertz CT molecular complexity index is 1540. The number of aliphatic hydroxyl groups excluding tert-OH is 1. The number of aliphatic hydroxyl groups is 1. The first-order valence-electron chi connectivity index (χ1n) is 14.6. The molecule has 3 aromatic carbocycles. The van der Waals surface area contributed by atoms with E-state index in [1.807, 2.05) is 85.8 Å². The molecule has 4 atom stereocenters. The van der Waals surface area contributed by atoms with Crippen LogP contribution >= 0.6 is 0 Å². The third-order valence-electron chi connectivity index (χ3n) is 8.92. The van der Waals surface area contributed by atoms with Gasteiger partial charge in [0.05, 0.1) is 29.7 Å². The van der Waals surface area contributed by atoms with E-state index in [0.29, 0.717) is 18.5 Å². The molecule has 7 nitrogen and oxygen atoms in total. The highest BCUT2D eigenvalue weighted by molar-refractivity contribution is 6.72. The number of anilines is 2. The Morgan fingerprint density at radius 3 is 2.50 bits per heavy atom. The van der Waals surface area contributed by atoms with E-state index in [-0.39, 0.29) is 31.4 Å². The number of hydrogen-bond acceptors (Lipinski definition) is 5. The number of halogens is 1. The van der Waals surface area contributed by atoms with Crippen LogP contribution in [0.15, 0.2) is 84.0 Å². The van der Waals surface area contributed by atoms with Crippen molar-refractivity contribution in [2.24, 2.45) is 11.0 Å². The molecule has 3 heterocycles. The van der Waals surface area contributed by atoms with Gasteiger partial charge in [0, 0.05) is 36.5 Å². The number of benzene rings is 3. The number of amides is 2. The van der Waals surface area contributed by atoms with Crippen LogP contribution in [-0.4, -0.2) is 43.8 Å². The van der Waals surface area contributed by atoms with Crippen molar-refractivity contribution in [1.82, 2.24) is 0 Å². The van der Waals surface area contributed by atoms with Crippen LogP contribution in [0.25, 0.3) is 0 Å². The van der Waals surface area contributed by atoms with Gasteiger partial charge in [0.25, 0.3) is 5.91 Å². The van der Waals surface area contributed by atoms with Crippen LogP contribution in [-0.2, 0) is 26.5 Å². The van der Waals surface area contributed by atoms with Gasteiger partial charge in [-0.25, -0.2) is 5.01 Å². The lowest BCUT2D eigenvalue weighted by Gasteiger charge is -2.31. The van der Waals surface area contributed by atoms with Gasteiger partial charge in [0.2, 0.25) is 14.3 Å². The summed E-state index contributed by atoms with van der Waals surface area (Å²) in [5.41, 5.74) is 3.03. The molecule has 2 amide bonds. The van der Waals surface area contributed by atoms with Crippen molar-refractivity contribution in [3.8, 4) is 0 Å². The van der Waals surface area contributed by atoms with Gasteiger partial charge >= 0.3 is 0 Å².